The highest BCUT2D eigenvalue weighted by Gasteiger charge is 2.44. The van der Waals surface area contributed by atoms with Gasteiger partial charge in [-0.05, 0) is 6.42 Å². The lowest BCUT2D eigenvalue weighted by Crippen LogP contribution is -2.64. The number of hydrogen-bond donors (Lipinski definition) is 3. The van der Waals surface area contributed by atoms with Crippen molar-refractivity contribution in [1.82, 2.24) is 5.32 Å². The van der Waals surface area contributed by atoms with Crippen LogP contribution in [0.25, 0.3) is 0 Å². The van der Waals surface area contributed by atoms with Gasteiger partial charge < -0.3 is 16.2 Å². The van der Waals surface area contributed by atoms with Crippen molar-refractivity contribution in [2.24, 2.45) is 11.7 Å². The molecule has 4 N–H and O–H groups in total. The molecule has 1 rings (SSSR count). The second-order valence-corrected chi connectivity index (χ2v) is 4.16. The van der Waals surface area contributed by atoms with Crippen LogP contribution in [0.5, 0.6) is 0 Å². The first kappa shape index (κ1) is 11.5. The van der Waals surface area contributed by atoms with Crippen LogP contribution in [0.3, 0.4) is 0 Å². The Hall–Kier alpha value is -0.545. The fourth-order valence-corrected chi connectivity index (χ4v) is 1.81. The van der Waals surface area contributed by atoms with Gasteiger partial charge in [0.15, 0.2) is 0 Å². The highest BCUT2D eigenvalue weighted by Crippen LogP contribution is 2.25. The van der Waals surface area contributed by atoms with Crippen molar-refractivity contribution < 1.29 is 9.90 Å². The molecule has 0 aromatic carbocycles. The molecule has 0 radical (unpaired) electrons. The van der Waals surface area contributed by atoms with Gasteiger partial charge in [0.2, 0.25) is 0 Å². The molecule has 1 aliphatic heterocycles. The van der Waals surface area contributed by atoms with Crippen LogP contribution in [-0.2, 0) is 4.79 Å². The normalized spacial score (nSPS) is 21.2. The lowest BCUT2D eigenvalue weighted by atomic mass is 9.77. The number of nitrogens with two attached hydrogens (primary N) is 1. The molecule has 1 fully saturated rings. The van der Waals surface area contributed by atoms with Gasteiger partial charge in [0.05, 0.1) is 0 Å². The molecule has 4 nitrogen and oxygen atoms in total. The minimum atomic E-state index is -1.000. The monoisotopic (exact) mass is 198 g/mol. The molecule has 1 heterocycles. The van der Waals surface area contributed by atoms with E-state index in [1.54, 1.807) is 0 Å². The molecule has 0 aliphatic carbocycles. The van der Waals surface area contributed by atoms with Crippen LogP contribution in [0.15, 0.2) is 0 Å². The van der Waals surface area contributed by atoms with Crippen molar-refractivity contribution >= 4 is 13.8 Å². The topological polar surface area (TPSA) is 75.4 Å². The highest BCUT2D eigenvalue weighted by atomic mass is 16.4. The van der Waals surface area contributed by atoms with Gasteiger partial charge in [-0.25, -0.2) is 0 Å². The number of nitrogens with one attached hydrogen (secondary N) is 1. The van der Waals surface area contributed by atoms with E-state index >= 15 is 0 Å². The predicted molar refractivity (Wildman–Crippen MR) is 58.1 cm³/mol. The SMILES string of the molecule is BCCCCC(N)(C(=O)O)C1CNC1. The Labute approximate surface area is 85.7 Å². The second-order valence-electron chi connectivity index (χ2n) is 4.16. The third-order valence-corrected chi connectivity index (χ3v) is 3.10. The molecule has 1 aliphatic rings. The van der Waals surface area contributed by atoms with Crippen LogP contribution in [0.1, 0.15) is 19.3 Å². The summed E-state index contributed by atoms with van der Waals surface area (Å²) < 4.78 is 0. The van der Waals surface area contributed by atoms with E-state index in [0.29, 0.717) is 6.42 Å². The molecule has 0 saturated carbocycles. The zero-order valence-electron chi connectivity index (χ0n) is 8.75. The van der Waals surface area contributed by atoms with Gasteiger partial charge in [-0.1, -0.05) is 19.2 Å². The Morgan fingerprint density at radius 1 is 1.57 bits per heavy atom. The van der Waals surface area contributed by atoms with E-state index in [0.717, 1.165) is 32.3 Å². The number of hydrogen-bond acceptors (Lipinski definition) is 3. The molecule has 0 bridgehead atoms. The van der Waals surface area contributed by atoms with Crippen molar-refractivity contribution in [2.75, 3.05) is 13.1 Å². The average molecular weight is 198 g/mol. The Bertz CT molecular complexity index is 209. The van der Waals surface area contributed by atoms with E-state index in [1.807, 2.05) is 0 Å². The Morgan fingerprint density at radius 2 is 2.21 bits per heavy atom. The molecule has 1 saturated heterocycles. The summed E-state index contributed by atoms with van der Waals surface area (Å²) in [5, 5.41) is 12.2. The number of rotatable bonds is 6. The molecule has 0 spiro atoms. The molecule has 0 amide bonds. The van der Waals surface area contributed by atoms with E-state index in [2.05, 4.69) is 13.2 Å². The number of carboxylic acids is 1. The van der Waals surface area contributed by atoms with E-state index in [4.69, 9.17) is 10.8 Å². The molecule has 1 atom stereocenters. The molecule has 80 valence electrons. The standard InChI is InChI=1S/C9H19BN2O2/c10-4-2-1-3-9(11,8(13)14)7-5-12-6-7/h7,12H,1-6,10-11H2,(H,13,14). The molecular formula is C9H19BN2O2. The second kappa shape index (κ2) is 4.80. The van der Waals surface area contributed by atoms with E-state index in [1.165, 1.54) is 0 Å². The molecule has 14 heavy (non-hydrogen) atoms. The predicted octanol–water partition coefficient (Wildman–Crippen LogP) is -0.790. The maximum atomic E-state index is 11.1. The molecular weight excluding hydrogens is 179 g/mol. The zero-order chi connectivity index (χ0) is 10.6. The van der Waals surface area contributed by atoms with Crippen molar-refractivity contribution in [1.29, 1.82) is 0 Å². The minimum absolute atomic E-state index is 0.108. The third kappa shape index (κ3) is 2.28. The van der Waals surface area contributed by atoms with Crippen LogP contribution >= 0.6 is 0 Å². The smallest absolute Gasteiger partial charge is 0.324 e. The first-order chi connectivity index (χ1) is 6.61. The lowest BCUT2D eigenvalue weighted by molar-refractivity contribution is -0.147. The van der Waals surface area contributed by atoms with Gasteiger partial charge in [0, 0.05) is 19.0 Å². The van der Waals surface area contributed by atoms with Gasteiger partial charge in [-0.3, -0.25) is 4.79 Å². The summed E-state index contributed by atoms with van der Waals surface area (Å²) >= 11 is 0. The van der Waals surface area contributed by atoms with Gasteiger partial charge >= 0.3 is 5.97 Å². The van der Waals surface area contributed by atoms with Gasteiger partial charge in [0.25, 0.3) is 0 Å². The molecule has 0 aromatic rings. The summed E-state index contributed by atoms with van der Waals surface area (Å²) in [6.45, 7) is 1.49. The fraction of sp³-hybridized carbons (Fsp3) is 0.889. The summed E-state index contributed by atoms with van der Waals surface area (Å²) in [6, 6.07) is 0. The van der Waals surface area contributed by atoms with Crippen LogP contribution in [0, 0.1) is 5.92 Å². The third-order valence-electron chi connectivity index (χ3n) is 3.10. The largest absolute Gasteiger partial charge is 0.480 e. The Balaban J connectivity index is 2.47. The van der Waals surface area contributed by atoms with Crippen molar-refractivity contribution in [3.05, 3.63) is 0 Å². The van der Waals surface area contributed by atoms with E-state index in [-0.39, 0.29) is 5.92 Å². The maximum absolute atomic E-state index is 11.1. The van der Waals surface area contributed by atoms with Crippen LogP contribution in [-0.4, -0.2) is 37.6 Å². The lowest BCUT2D eigenvalue weighted by Gasteiger charge is -2.40. The maximum Gasteiger partial charge on any atom is 0.324 e. The van der Waals surface area contributed by atoms with Crippen molar-refractivity contribution in [3.8, 4) is 0 Å². The summed E-state index contributed by atoms with van der Waals surface area (Å²) in [5.41, 5.74) is 4.95. The Kier molecular flexibility index (Phi) is 3.95. The fourth-order valence-electron chi connectivity index (χ4n) is 1.81. The Morgan fingerprint density at radius 3 is 2.57 bits per heavy atom. The van der Waals surface area contributed by atoms with E-state index in [9.17, 15) is 4.79 Å². The van der Waals surface area contributed by atoms with Crippen LogP contribution in [0.2, 0.25) is 6.32 Å². The summed E-state index contributed by atoms with van der Waals surface area (Å²) in [7, 11) is 2.10. The van der Waals surface area contributed by atoms with Crippen LogP contribution < -0.4 is 11.1 Å². The highest BCUT2D eigenvalue weighted by molar-refractivity contribution is 6.08. The molecule has 0 aromatic heterocycles. The number of carbonyl (C=O) groups is 1. The number of carboxylic acid groups (broad SMARTS) is 1. The first-order valence-corrected chi connectivity index (χ1v) is 5.34. The van der Waals surface area contributed by atoms with Crippen molar-refractivity contribution in [3.63, 3.8) is 0 Å². The van der Waals surface area contributed by atoms with E-state index < -0.39 is 11.5 Å². The zero-order valence-corrected chi connectivity index (χ0v) is 8.75. The summed E-state index contributed by atoms with van der Waals surface area (Å²) in [4.78, 5) is 11.1. The summed E-state index contributed by atoms with van der Waals surface area (Å²) in [5.74, 6) is -0.739. The summed E-state index contributed by atoms with van der Waals surface area (Å²) in [6.07, 6.45) is 3.67. The number of unbranched alkanes of at least 4 members (excludes halogenated alkanes) is 1. The molecule has 1 unspecified atom stereocenters. The van der Waals surface area contributed by atoms with Crippen LogP contribution in [0.4, 0.5) is 0 Å². The van der Waals surface area contributed by atoms with Gasteiger partial charge in [-0.15, -0.1) is 0 Å². The van der Waals surface area contributed by atoms with Gasteiger partial charge in [-0.2, -0.15) is 0 Å². The quantitative estimate of drug-likeness (QED) is 0.386. The van der Waals surface area contributed by atoms with Crippen molar-refractivity contribution in [2.45, 2.75) is 31.1 Å². The van der Waals surface area contributed by atoms with Gasteiger partial charge in [0.1, 0.15) is 13.4 Å². The first-order valence-electron chi connectivity index (χ1n) is 5.34. The number of aliphatic carboxylic acids is 1. The average Bonchev–Trinajstić information content (AvgIpc) is 2.01. The molecule has 5 heteroatoms. The minimum Gasteiger partial charge on any atom is -0.480 e.